The van der Waals surface area contributed by atoms with E-state index in [1.807, 2.05) is 16.4 Å². The summed E-state index contributed by atoms with van der Waals surface area (Å²) in [5.41, 5.74) is 8.76. The summed E-state index contributed by atoms with van der Waals surface area (Å²) in [6.45, 7) is 2.84. The van der Waals surface area contributed by atoms with Crippen molar-refractivity contribution in [3.63, 3.8) is 0 Å². The van der Waals surface area contributed by atoms with Gasteiger partial charge in [-0.1, -0.05) is 29.8 Å². The Kier molecular flexibility index (Phi) is 3.56. The van der Waals surface area contributed by atoms with Gasteiger partial charge >= 0.3 is 0 Å². The number of halogens is 1. The minimum Gasteiger partial charge on any atom is -0.322 e. The van der Waals surface area contributed by atoms with Gasteiger partial charge in [0.2, 0.25) is 0 Å². The smallest absolute Gasteiger partial charge is 0.0834 e. The molecule has 5 heteroatoms. The molecule has 3 rings (SSSR count). The number of hydrogen-bond acceptors (Lipinski definition) is 3. The van der Waals surface area contributed by atoms with E-state index >= 15 is 0 Å². The van der Waals surface area contributed by atoms with Crippen LogP contribution >= 0.6 is 23.4 Å². The minimum atomic E-state index is -0.105. The molecule has 19 heavy (non-hydrogen) atoms. The van der Waals surface area contributed by atoms with Crippen LogP contribution in [0.4, 0.5) is 0 Å². The second-order valence-electron chi connectivity index (χ2n) is 4.67. The molecule has 0 amide bonds. The Morgan fingerprint density at radius 3 is 3.11 bits per heavy atom. The van der Waals surface area contributed by atoms with Crippen LogP contribution in [-0.4, -0.2) is 15.5 Å². The quantitative estimate of drug-likeness (QED) is 0.943. The standard InChI is InChI=1S/C14H16ClN3S/c1-2-18-14(11(15)7-17-18)13(16)10-8-19-12-6-4-3-5-9(10)12/h3-7,10,13H,2,8,16H2,1H3. The fourth-order valence-corrected chi connectivity index (χ4v) is 4.20. The maximum atomic E-state index is 6.48. The molecular formula is C14H16ClN3S. The summed E-state index contributed by atoms with van der Waals surface area (Å²) in [7, 11) is 0. The van der Waals surface area contributed by atoms with Crippen molar-refractivity contribution in [3.8, 4) is 0 Å². The third-order valence-corrected chi connectivity index (χ3v) is 5.12. The topological polar surface area (TPSA) is 43.8 Å². The van der Waals surface area contributed by atoms with Crippen molar-refractivity contribution in [2.75, 3.05) is 5.75 Å². The first-order chi connectivity index (χ1) is 9.22. The van der Waals surface area contributed by atoms with Gasteiger partial charge in [0.15, 0.2) is 0 Å². The van der Waals surface area contributed by atoms with E-state index in [1.54, 1.807) is 6.20 Å². The highest BCUT2D eigenvalue weighted by molar-refractivity contribution is 7.99. The third-order valence-electron chi connectivity index (χ3n) is 3.62. The van der Waals surface area contributed by atoms with Crippen molar-refractivity contribution in [3.05, 3.63) is 46.7 Å². The number of nitrogens with two attached hydrogens (primary N) is 1. The summed E-state index contributed by atoms with van der Waals surface area (Å²) in [6, 6.07) is 8.36. The highest BCUT2D eigenvalue weighted by Gasteiger charge is 2.31. The van der Waals surface area contributed by atoms with Gasteiger partial charge in [0, 0.05) is 23.1 Å². The third kappa shape index (κ3) is 2.18. The molecule has 0 aliphatic carbocycles. The van der Waals surface area contributed by atoms with E-state index in [4.69, 9.17) is 17.3 Å². The van der Waals surface area contributed by atoms with E-state index in [2.05, 4.69) is 36.3 Å². The van der Waals surface area contributed by atoms with Crippen LogP contribution in [0.25, 0.3) is 0 Å². The average molecular weight is 294 g/mol. The Hall–Kier alpha value is -0.970. The lowest BCUT2D eigenvalue weighted by Gasteiger charge is -2.21. The zero-order valence-corrected chi connectivity index (χ0v) is 12.3. The molecule has 100 valence electrons. The van der Waals surface area contributed by atoms with Gasteiger partial charge in [-0.2, -0.15) is 5.10 Å². The second-order valence-corrected chi connectivity index (χ2v) is 6.14. The Morgan fingerprint density at radius 2 is 2.32 bits per heavy atom. The average Bonchev–Trinajstić information content (AvgIpc) is 3.01. The van der Waals surface area contributed by atoms with Crippen molar-refractivity contribution in [1.82, 2.24) is 9.78 Å². The van der Waals surface area contributed by atoms with Crippen LogP contribution in [0.1, 0.15) is 30.1 Å². The van der Waals surface area contributed by atoms with Crippen LogP contribution in [0.3, 0.4) is 0 Å². The van der Waals surface area contributed by atoms with Gasteiger partial charge in [-0.15, -0.1) is 11.8 Å². The predicted octanol–water partition coefficient (Wildman–Crippen LogP) is 3.45. The first-order valence-corrected chi connectivity index (χ1v) is 7.77. The van der Waals surface area contributed by atoms with Crippen LogP contribution in [0.15, 0.2) is 35.4 Å². The molecule has 0 saturated heterocycles. The van der Waals surface area contributed by atoms with Gasteiger partial charge in [-0.3, -0.25) is 4.68 Å². The maximum Gasteiger partial charge on any atom is 0.0834 e. The Balaban J connectivity index is 1.97. The van der Waals surface area contributed by atoms with Crippen LogP contribution < -0.4 is 5.73 Å². The van der Waals surface area contributed by atoms with Crippen LogP contribution in [0.5, 0.6) is 0 Å². The van der Waals surface area contributed by atoms with E-state index < -0.39 is 0 Å². The Bertz CT molecular complexity index is 596. The van der Waals surface area contributed by atoms with Gasteiger partial charge in [0.05, 0.1) is 23.0 Å². The first-order valence-electron chi connectivity index (χ1n) is 6.41. The summed E-state index contributed by atoms with van der Waals surface area (Å²) in [4.78, 5) is 1.33. The molecule has 1 aromatic carbocycles. The van der Waals surface area contributed by atoms with Crippen molar-refractivity contribution in [2.45, 2.75) is 30.3 Å². The molecule has 2 unspecified atom stereocenters. The van der Waals surface area contributed by atoms with E-state index in [-0.39, 0.29) is 6.04 Å². The van der Waals surface area contributed by atoms with E-state index in [1.165, 1.54) is 10.5 Å². The number of fused-ring (bicyclic) bond motifs is 1. The molecule has 1 aliphatic rings. The van der Waals surface area contributed by atoms with Crippen molar-refractivity contribution >= 4 is 23.4 Å². The molecule has 1 aromatic heterocycles. The van der Waals surface area contributed by atoms with Crippen LogP contribution in [-0.2, 0) is 6.54 Å². The van der Waals surface area contributed by atoms with Gasteiger partial charge < -0.3 is 5.73 Å². The zero-order valence-electron chi connectivity index (χ0n) is 10.7. The SMILES string of the molecule is CCn1ncc(Cl)c1C(N)C1CSc2ccccc21. The number of thioether (sulfide) groups is 1. The molecule has 0 saturated carbocycles. The maximum absolute atomic E-state index is 6.48. The van der Waals surface area contributed by atoms with Crippen molar-refractivity contribution in [1.29, 1.82) is 0 Å². The summed E-state index contributed by atoms with van der Waals surface area (Å²) in [6.07, 6.45) is 1.69. The number of aryl methyl sites for hydroxylation is 1. The number of nitrogens with zero attached hydrogens (tertiary/aromatic N) is 2. The molecule has 2 heterocycles. The molecule has 2 aromatic rings. The molecule has 0 bridgehead atoms. The second kappa shape index (κ2) is 5.19. The lowest BCUT2D eigenvalue weighted by atomic mass is 9.92. The predicted molar refractivity (Wildman–Crippen MR) is 79.7 cm³/mol. The minimum absolute atomic E-state index is 0.105. The van der Waals surface area contributed by atoms with Crippen LogP contribution in [0.2, 0.25) is 5.02 Å². The van der Waals surface area contributed by atoms with Gasteiger partial charge in [0.25, 0.3) is 0 Å². The molecule has 2 N–H and O–H groups in total. The molecule has 2 atom stereocenters. The van der Waals surface area contributed by atoms with Crippen LogP contribution in [0, 0.1) is 0 Å². The Labute approximate surface area is 122 Å². The van der Waals surface area contributed by atoms with E-state index in [0.29, 0.717) is 10.9 Å². The Morgan fingerprint density at radius 1 is 1.53 bits per heavy atom. The van der Waals surface area contributed by atoms with Crippen molar-refractivity contribution in [2.24, 2.45) is 5.73 Å². The molecule has 3 nitrogen and oxygen atoms in total. The number of aromatic nitrogens is 2. The van der Waals surface area contributed by atoms with Gasteiger partial charge in [0.1, 0.15) is 0 Å². The van der Waals surface area contributed by atoms with E-state index in [9.17, 15) is 0 Å². The fraction of sp³-hybridized carbons (Fsp3) is 0.357. The van der Waals surface area contributed by atoms with Gasteiger partial charge in [-0.25, -0.2) is 0 Å². The lowest BCUT2D eigenvalue weighted by Crippen LogP contribution is -2.23. The first kappa shape index (κ1) is 13.0. The van der Waals surface area contributed by atoms with E-state index in [0.717, 1.165) is 18.0 Å². The summed E-state index contributed by atoms with van der Waals surface area (Å²) in [5.74, 6) is 1.31. The monoisotopic (exact) mass is 293 g/mol. The molecule has 0 spiro atoms. The lowest BCUT2D eigenvalue weighted by molar-refractivity contribution is 0.525. The zero-order chi connectivity index (χ0) is 13.4. The number of hydrogen-bond donors (Lipinski definition) is 1. The van der Waals surface area contributed by atoms with Gasteiger partial charge in [-0.05, 0) is 18.6 Å². The highest BCUT2D eigenvalue weighted by Crippen LogP contribution is 2.45. The normalized spacial score (nSPS) is 19.4. The number of benzene rings is 1. The summed E-state index contributed by atoms with van der Waals surface area (Å²) >= 11 is 8.12. The summed E-state index contributed by atoms with van der Waals surface area (Å²) < 4.78 is 1.90. The molecule has 1 aliphatic heterocycles. The molecule has 0 fully saturated rings. The fourth-order valence-electron chi connectivity index (χ4n) is 2.63. The number of rotatable bonds is 3. The largest absolute Gasteiger partial charge is 0.322 e. The summed E-state index contributed by atoms with van der Waals surface area (Å²) in [5, 5.41) is 4.95. The van der Waals surface area contributed by atoms with Crippen molar-refractivity contribution < 1.29 is 0 Å². The highest BCUT2D eigenvalue weighted by atomic mass is 35.5. The molecular weight excluding hydrogens is 278 g/mol. The molecule has 0 radical (unpaired) electrons.